The van der Waals surface area contributed by atoms with Crippen LogP contribution in [0.1, 0.15) is 29.8 Å². The summed E-state index contributed by atoms with van der Waals surface area (Å²) >= 11 is 0. The van der Waals surface area contributed by atoms with E-state index in [1.807, 2.05) is 12.1 Å². The predicted octanol–water partition coefficient (Wildman–Crippen LogP) is 2.66. The summed E-state index contributed by atoms with van der Waals surface area (Å²) in [5.41, 5.74) is 2.59. The molecule has 2 heterocycles. The number of imidazole rings is 1. The minimum atomic E-state index is -0.138. The Labute approximate surface area is 124 Å². The minimum Gasteiger partial charge on any atom is -0.372 e. The molecule has 5 nitrogen and oxygen atoms in total. The van der Waals surface area contributed by atoms with Gasteiger partial charge in [0.05, 0.1) is 12.5 Å². The van der Waals surface area contributed by atoms with Crippen LogP contribution in [0.4, 0.5) is 11.4 Å². The summed E-state index contributed by atoms with van der Waals surface area (Å²) in [5.74, 6) is -0.138. The molecule has 0 saturated carbocycles. The van der Waals surface area contributed by atoms with Crippen molar-refractivity contribution in [1.82, 2.24) is 9.55 Å². The molecule has 3 rings (SSSR count). The zero-order valence-corrected chi connectivity index (χ0v) is 12.2. The summed E-state index contributed by atoms with van der Waals surface area (Å²) in [4.78, 5) is 18.5. The van der Waals surface area contributed by atoms with Crippen LogP contribution in [0.5, 0.6) is 0 Å². The third-order valence-electron chi connectivity index (χ3n) is 3.90. The highest BCUT2D eigenvalue weighted by Crippen LogP contribution is 2.22. The molecule has 1 saturated heterocycles. The Morgan fingerprint density at radius 1 is 1.14 bits per heavy atom. The second-order valence-electron chi connectivity index (χ2n) is 5.44. The van der Waals surface area contributed by atoms with Gasteiger partial charge in [-0.05, 0) is 43.5 Å². The second kappa shape index (κ2) is 5.99. The van der Waals surface area contributed by atoms with Crippen molar-refractivity contribution >= 4 is 17.3 Å². The number of rotatable bonds is 3. The van der Waals surface area contributed by atoms with Crippen molar-refractivity contribution < 1.29 is 4.79 Å². The number of carbonyl (C=O) groups excluding carboxylic acids is 1. The number of piperidine rings is 1. The van der Waals surface area contributed by atoms with Crippen LogP contribution in [0.25, 0.3) is 0 Å². The van der Waals surface area contributed by atoms with E-state index in [0.29, 0.717) is 5.69 Å². The molecule has 0 unspecified atom stereocenters. The van der Waals surface area contributed by atoms with E-state index in [2.05, 4.69) is 27.3 Å². The van der Waals surface area contributed by atoms with Crippen molar-refractivity contribution in [3.8, 4) is 0 Å². The normalized spacial score (nSPS) is 15.0. The molecule has 0 aliphatic carbocycles. The van der Waals surface area contributed by atoms with Crippen LogP contribution in [0.3, 0.4) is 0 Å². The van der Waals surface area contributed by atoms with E-state index in [0.717, 1.165) is 18.8 Å². The van der Waals surface area contributed by atoms with E-state index < -0.39 is 0 Å². The van der Waals surface area contributed by atoms with E-state index in [1.54, 1.807) is 24.1 Å². The van der Waals surface area contributed by atoms with Crippen LogP contribution in [-0.4, -0.2) is 28.5 Å². The lowest BCUT2D eigenvalue weighted by Gasteiger charge is -2.28. The van der Waals surface area contributed by atoms with E-state index in [4.69, 9.17) is 0 Å². The van der Waals surface area contributed by atoms with E-state index in [1.165, 1.54) is 24.9 Å². The van der Waals surface area contributed by atoms with Gasteiger partial charge in [-0.2, -0.15) is 0 Å². The number of aromatic nitrogens is 2. The van der Waals surface area contributed by atoms with Gasteiger partial charge in [-0.15, -0.1) is 0 Å². The highest BCUT2D eigenvalue weighted by Gasteiger charge is 2.12. The summed E-state index contributed by atoms with van der Waals surface area (Å²) in [7, 11) is 1.81. The van der Waals surface area contributed by atoms with E-state index in [9.17, 15) is 4.79 Å². The summed E-state index contributed by atoms with van der Waals surface area (Å²) in [6.45, 7) is 2.25. The number of hydrogen-bond donors (Lipinski definition) is 1. The number of nitrogens with zero attached hydrogens (tertiary/aromatic N) is 3. The molecule has 1 amide bonds. The van der Waals surface area contributed by atoms with Crippen LogP contribution in [0.2, 0.25) is 0 Å². The van der Waals surface area contributed by atoms with Gasteiger partial charge < -0.3 is 14.8 Å². The lowest BCUT2D eigenvalue weighted by atomic mass is 10.1. The molecule has 0 atom stereocenters. The van der Waals surface area contributed by atoms with Gasteiger partial charge in [0, 0.05) is 31.5 Å². The first kappa shape index (κ1) is 13.7. The summed E-state index contributed by atoms with van der Waals surface area (Å²) < 4.78 is 1.71. The molecule has 2 aromatic rings. The molecule has 1 fully saturated rings. The van der Waals surface area contributed by atoms with Crippen molar-refractivity contribution in [2.75, 3.05) is 23.3 Å². The SMILES string of the molecule is Cn1cncc1C(=O)Nc1ccc(N2CCCCC2)cc1. The Morgan fingerprint density at radius 3 is 2.48 bits per heavy atom. The maximum Gasteiger partial charge on any atom is 0.273 e. The maximum atomic E-state index is 12.1. The van der Waals surface area contributed by atoms with Crippen LogP contribution < -0.4 is 10.2 Å². The molecular formula is C16H20N4O. The van der Waals surface area contributed by atoms with Crippen molar-refractivity contribution in [3.63, 3.8) is 0 Å². The van der Waals surface area contributed by atoms with Gasteiger partial charge in [0.1, 0.15) is 5.69 Å². The highest BCUT2D eigenvalue weighted by molar-refractivity contribution is 6.03. The standard InChI is InChI=1S/C16H20N4O/c1-19-12-17-11-15(19)16(21)18-13-5-7-14(8-6-13)20-9-3-2-4-10-20/h5-8,11-12H,2-4,9-10H2,1H3,(H,18,21). The smallest absolute Gasteiger partial charge is 0.273 e. The Bertz CT molecular complexity index is 611. The minimum absolute atomic E-state index is 0.138. The van der Waals surface area contributed by atoms with Gasteiger partial charge in [0.2, 0.25) is 0 Å². The molecule has 0 radical (unpaired) electrons. The van der Waals surface area contributed by atoms with E-state index in [-0.39, 0.29) is 5.91 Å². The molecule has 1 aromatic carbocycles. The third kappa shape index (κ3) is 3.07. The monoisotopic (exact) mass is 284 g/mol. The first-order chi connectivity index (χ1) is 10.2. The number of aryl methyl sites for hydroxylation is 1. The lowest BCUT2D eigenvalue weighted by molar-refractivity contribution is 0.101. The summed E-state index contributed by atoms with van der Waals surface area (Å²) in [6, 6.07) is 8.06. The molecule has 1 aliphatic rings. The number of benzene rings is 1. The largest absolute Gasteiger partial charge is 0.372 e. The van der Waals surface area contributed by atoms with Gasteiger partial charge >= 0.3 is 0 Å². The van der Waals surface area contributed by atoms with Gasteiger partial charge in [0.15, 0.2) is 0 Å². The average Bonchev–Trinajstić information content (AvgIpc) is 2.95. The Hall–Kier alpha value is -2.30. The Morgan fingerprint density at radius 2 is 1.86 bits per heavy atom. The zero-order valence-electron chi connectivity index (χ0n) is 12.2. The topological polar surface area (TPSA) is 50.2 Å². The Kier molecular flexibility index (Phi) is 3.90. The van der Waals surface area contributed by atoms with Crippen LogP contribution in [0.15, 0.2) is 36.8 Å². The maximum absolute atomic E-state index is 12.1. The van der Waals surface area contributed by atoms with E-state index >= 15 is 0 Å². The fourth-order valence-corrected chi connectivity index (χ4v) is 2.68. The summed E-state index contributed by atoms with van der Waals surface area (Å²) in [5, 5.41) is 2.90. The van der Waals surface area contributed by atoms with Gasteiger partial charge in [-0.1, -0.05) is 0 Å². The fraction of sp³-hybridized carbons (Fsp3) is 0.375. The highest BCUT2D eigenvalue weighted by atomic mass is 16.1. The van der Waals surface area contributed by atoms with Crippen LogP contribution >= 0.6 is 0 Å². The molecule has 1 aliphatic heterocycles. The quantitative estimate of drug-likeness (QED) is 0.942. The Balaban J connectivity index is 1.67. The van der Waals surface area contributed by atoms with Crippen molar-refractivity contribution in [1.29, 1.82) is 0 Å². The molecule has 0 bridgehead atoms. The number of anilines is 2. The molecule has 1 aromatic heterocycles. The number of nitrogens with one attached hydrogen (secondary N) is 1. The van der Waals surface area contributed by atoms with Crippen LogP contribution in [-0.2, 0) is 7.05 Å². The average molecular weight is 284 g/mol. The molecular weight excluding hydrogens is 264 g/mol. The zero-order chi connectivity index (χ0) is 14.7. The second-order valence-corrected chi connectivity index (χ2v) is 5.44. The first-order valence-electron chi connectivity index (χ1n) is 7.37. The predicted molar refractivity (Wildman–Crippen MR) is 83.7 cm³/mol. The van der Waals surface area contributed by atoms with Gasteiger partial charge in [0.25, 0.3) is 5.91 Å². The third-order valence-corrected chi connectivity index (χ3v) is 3.90. The fourth-order valence-electron chi connectivity index (χ4n) is 2.68. The molecule has 110 valence electrons. The summed E-state index contributed by atoms with van der Waals surface area (Å²) in [6.07, 6.45) is 7.04. The molecule has 21 heavy (non-hydrogen) atoms. The first-order valence-corrected chi connectivity index (χ1v) is 7.37. The van der Waals surface area contributed by atoms with Crippen molar-refractivity contribution in [2.24, 2.45) is 7.05 Å². The van der Waals surface area contributed by atoms with Gasteiger partial charge in [-0.25, -0.2) is 4.98 Å². The number of carbonyl (C=O) groups is 1. The molecule has 0 spiro atoms. The number of hydrogen-bond acceptors (Lipinski definition) is 3. The molecule has 5 heteroatoms. The lowest BCUT2D eigenvalue weighted by Crippen LogP contribution is -2.29. The number of amides is 1. The molecule has 1 N–H and O–H groups in total. The van der Waals surface area contributed by atoms with Crippen molar-refractivity contribution in [2.45, 2.75) is 19.3 Å². The van der Waals surface area contributed by atoms with Gasteiger partial charge in [-0.3, -0.25) is 4.79 Å². The van der Waals surface area contributed by atoms with Crippen LogP contribution in [0, 0.1) is 0 Å². The van der Waals surface area contributed by atoms with Crippen molar-refractivity contribution in [3.05, 3.63) is 42.5 Å².